The number of hydrogen-bond acceptors (Lipinski definition) is 3. The number of pyridine rings is 2. The average molecular weight is 450 g/mol. The summed E-state index contributed by atoms with van der Waals surface area (Å²) in [5.41, 5.74) is 7.27. The van der Waals surface area contributed by atoms with E-state index < -0.39 is 0 Å². The van der Waals surface area contributed by atoms with Crippen LogP contribution in [0, 0.1) is 0 Å². The Labute approximate surface area is 199 Å². The van der Waals surface area contributed by atoms with E-state index in [2.05, 4.69) is 94.1 Å². The standard InChI is InChI=1S/C30H19N5/c1-2-10-20(11-3-1)34-24-14-7-5-12-21(24)22-18-32-28-27-25(15-8-16-31-27)35(30(28)29(22)34)26-17-19-9-4-6-13-23(19)33-26/h1-18,26H. The lowest BCUT2D eigenvalue weighted by Gasteiger charge is -2.14. The Bertz CT molecular complexity index is 2030. The summed E-state index contributed by atoms with van der Waals surface area (Å²) in [7, 11) is 0. The van der Waals surface area contributed by atoms with E-state index >= 15 is 0 Å². The van der Waals surface area contributed by atoms with E-state index in [0.717, 1.165) is 54.7 Å². The van der Waals surface area contributed by atoms with Gasteiger partial charge >= 0.3 is 0 Å². The van der Waals surface area contributed by atoms with Crippen LogP contribution in [0.25, 0.3) is 55.6 Å². The SMILES string of the molecule is C1=c2ccccc2=NC1n1c2cccnc2c2ncc3c4ccccc4n(-c4ccccc4)c3c21. The molecule has 164 valence electrons. The van der Waals surface area contributed by atoms with Crippen molar-refractivity contribution in [2.24, 2.45) is 4.99 Å². The zero-order chi connectivity index (χ0) is 22.9. The molecule has 0 aliphatic carbocycles. The normalized spacial score (nSPS) is 15.0. The first-order valence-corrected chi connectivity index (χ1v) is 11.8. The molecule has 0 fully saturated rings. The van der Waals surface area contributed by atoms with Crippen LogP contribution in [0.15, 0.2) is 108 Å². The van der Waals surface area contributed by atoms with Crippen molar-refractivity contribution in [3.63, 3.8) is 0 Å². The van der Waals surface area contributed by atoms with E-state index in [-0.39, 0.29) is 6.17 Å². The van der Waals surface area contributed by atoms with Gasteiger partial charge in [0.15, 0.2) is 0 Å². The Morgan fingerprint density at radius 2 is 1.43 bits per heavy atom. The molecule has 5 heteroatoms. The molecule has 1 atom stereocenters. The Kier molecular flexibility index (Phi) is 3.66. The van der Waals surface area contributed by atoms with Gasteiger partial charge in [-0.25, -0.2) is 0 Å². The van der Waals surface area contributed by atoms with E-state index in [4.69, 9.17) is 15.0 Å². The van der Waals surface area contributed by atoms with E-state index in [9.17, 15) is 0 Å². The van der Waals surface area contributed by atoms with Crippen LogP contribution in [-0.2, 0) is 0 Å². The predicted molar refractivity (Wildman–Crippen MR) is 140 cm³/mol. The third-order valence-corrected chi connectivity index (χ3v) is 7.01. The number of aromatic nitrogens is 4. The number of para-hydroxylation sites is 3. The summed E-state index contributed by atoms with van der Waals surface area (Å²) in [6.45, 7) is 0. The molecule has 3 aromatic carbocycles. The fourth-order valence-electron chi connectivity index (χ4n) is 5.57. The number of hydrogen-bond donors (Lipinski definition) is 0. The first kappa shape index (κ1) is 18.6. The molecule has 1 unspecified atom stereocenters. The molecule has 5 heterocycles. The van der Waals surface area contributed by atoms with E-state index in [1.807, 2.05) is 24.5 Å². The molecule has 0 spiro atoms. The number of rotatable bonds is 2. The zero-order valence-electron chi connectivity index (χ0n) is 18.7. The number of benzene rings is 3. The minimum absolute atomic E-state index is 0.175. The minimum atomic E-state index is -0.175. The van der Waals surface area contributed by atoms with Gasteiger partial charge in [-0.15, -0.1) is 0 Å². The van der Waals surface area contributed by atoms with Crippen molar-refractivity contribution in [2.45, 2.75) is 6.17 Å². The van der Waals surface area contributed by atoms with Gasteiger partial charge in [0.25, 0.3) is 0 Å². The highest BCUT2D eigenvalue weighted by Crippen LogP contribution is 2.40. The molecule has 4 aromatic heterocycles. The quantitative estimate of drug-likeness (QED) is 0.360. The molecule has 0 saturated heterocycles. The summed E-state index contributed by atoms with van der Waals surface area (Å²) in [6.07, 6.45) is 5.90. The van der Waals surface area contributed by atoms with Gasteiger partial charge in [-0.2, -0.15) is 0 Å². The summed E-state index contributed by atoms with van der Waals surface area (Å²) in [4.78, 5) is 14.8. The van der Waals surface area contributed by atoms with Crippen LogP contribution in [0.2, 0.25) is 0 Å². The topological polar surface area (TPSA) is 48.0 Å². The Morgan fingerprint density at radius 3 is 2.34 bits per heavy atom. The van der Waals surface area contributed by atoms with Crippen molar-refractivity contribution in [2.75, 3.05) is 0 Å². The van der Waals surface area contributed by atoms with Crippen LogP contribution >= 0.6 is 0 Å². The Morgan fingerprint density at radius 1 is 0.629 bits per heavy atom. The van der Waals surface area contributed by atoms with Gasteiger partial charge in [0.1, 0.15) is 17.2 Å². The summed E-state index contributed by atoms with van der Waals surface area (Å²) in [5.74, 6) is 0. The fourth-order valence-corrected chi connectivity index (χ4v) is 5.57. The second kappa shape index (κ2) is 6.87. The second-order valence-electron chi connectivity index (χ2n) is 8.92. The molecule has 35 heavy (non-hydrogen) atoms. The lowest BCUT2D eigenvalue weighted by atomic mass is 10.2. The molecular formula is C30H19N5. The fraction of sp³-hybridized carbons (Fsp3) is 0.0333. The minimum Gasteiger partial charge on any atom is -0.309 e. The van der Waals surface area contributed by atoms with Crippen molar-refractivity contribution in [1.82, 2.24) is 19.1 Å². The second-order valence-corrected chi connectivity index (χ2v) is 8.92. The Balaban J connectivity index is 1.62. The number of nitrogens with zero attached hydrogens (tertiary/aromatic N) is 5. The molecule has 1 aliphatic heterocycles. The van der Waals surface area contributed by atoms with Gasteiger partial charge in [-0.1, -0.05) is 54.6 Å². The van der Waals surface area contributed by atoms with Crippen molar-refractivity contribution >= 4 is 49.9 Å². The smallest absolute Gasteiger partial charge is 0.146 e. The maximum Gasteiger partial charge on any atom is 0.146 e. The van der Waals surface area contributed by atoms with Crippen molar-refractivity contribution in [3.05, 3.63) is 114 Å². The molecule has 0 bridgehead atoms. The third kappa shape index (κ3) is 2.49. The van der Waals surface area contributed by atoms with Gasteiger partial charge in [-0.3, -0.25) is 15.0 Å². The van der Waals surface area contributed by atoms with Gasteiger partial charge in [0.2, 0.25) is 0 Å². The summed E-state index contributed by atoms with van der Waals surface area (Å²) >= 11 is 0. The van der Waals surface area contributed by atoms with Crippen LogP contribution in [-0.4, -0.2) is 19.1 Å². The lowest BCUT2D eigenvalue weighted by Crippen LogP contribution is -2.19. The van der Waals surface area contributed by atoms with E-state index in [1.165, 1.54) is 5.39 Å². The van der Waals surface area contributed by atoms with Gasteiger partial charge < -0.3 is 9.13 Å². The lowest BCUT2D eigenvalue weighted by molar-refractivity contribution is 0.707. The van der Waals surface area contributed by atoms with Crippen LogP contribution < -0.4 is 10.6 Å². The summed E-state index contributed by atoms with van der Waals surface area (Å²) in [5, 5.41) is 4.47. The maximum atomic E-state index is 5.10. The van der Waals surface area contributed by atoms with Crippen molar-refractivity contribution in [1.29, 1.82) is 0 Å². The molecule has 8 rings (SSSR count). The van der Waals surface area contributed by atoms with Crippen LogP contribution in [0.1, 0.15) is 6.17 Å². The summed E-state index contributed by atoms with van der Waals surface area (Å²) < 4.78 is 4.66. The van der Waals surface area contributed by atoms with E-state index in [0.29, 0.717) is 0 Å². The van der Waals surface area contributed by atoms with Crippen molar-refractivity contribution in [3.8, 4) is 5.69 Å². The largest absolute Gasteiger partial charge is 0.309 e. The molecule has 1 aliphatic rings. The van der Waals surface area contributed by atoms with Crippen LogP contribution in [0.3, 0.4) is 0 Å². The van der Waals surface area contributed by atoms with Crippen molar-refractivity contribution < 1.29 is 0 Å². The maximum absolute atomic E-state index is 5.10. The molecule has 0 N–H and O–H groups in total. The molecule has 0 radical (unpaired) electrons. The molecule has 7 aromatic rings. The molecule has 5 nitrogen and oxygen atoms in total. The highest BCUT2D eigenvalue weighted by atomic mass is 15.2. The summed E-state index contributed by atoms with van der Waals surface area (Å²) in [6, 6.07) is 31.5. The third-order valence-electron chi connectivity index (χ3n) is 7.01. The van der Waals surface area contributed by atoms with E-state index in [1.54, 1.807) is 0 Å². The van der Waals surface area contributed by atoms with Crippen LogP contribution in [0.4, 0.5) is 0 Å². The zero-order valence-corrected chi connectivity index (χ0v) is 18.7. The van der Waals surface area contributed by atoms with Crippen LogP contribution in [0.5, 0.6) is 0 Å². The highest BCUT2D eigenvalue weighted by molar-refractivity contribution is 6.21. The first-order valence-electron chi connectivity index (χ1n) is 11.8. The average Bonchev–Trinajstić information content (AvgIpc) is 3.58. The number of fused-ring (bicyclic) bond motifs is 8. The monoisotopic (exact) mass is 449 g/mol. The predicted octanol–water partition coefficient (Wildman–Crippen LogP) is 5.29. The van der Waals surface area contributed by atoms with Gasteiger partial charge in [0, 0.05) is 28.9 Å². The first-order chi connectivity index (χ1) is 17.4. The Hall–Kier alpha value is -4.77. The molecule has 0 amide bonds. The highest BCUT2D eigenvalue weighted by Gasteiger charge is 2.25. The molecule has 0 saturated carbocycles. The van der Waals surface area contributed by atoms with Gasteiger partial charge in [0.05, 0.1) is 27.4 Å². The molecular weight excluding hydrogens is 430 g/mol. The van der Waals surface area contributed by atoms with Gasteiger partial charge in [-0.05, 0) is 47.7 Å².